The predicted molar refractivity (Wildman–Crippen MR) is 98.6 cm³/mol. The quantitative estimate of drug-likeness (QED) is 0.763. The molecule has 1 unspecified atom stereocenters. The number of halogens is 1. The van der Waals surface area contributed by atoms with Gasteiger partial charge < -0.3 is 5.32 Å². The molecule has 1 amide bonds. The van der Waals surface area contributed by atoms with Gasteiger partial charge in [-0.25, -0.2) is 0 Å². The van der Waals surface area contributed by atoms with E-state index in [0.29, 0.717) is 17.0 Å². The number of benzene rings is 2. The third-order valence-electron chi connectivity index (χ3n) is 4.04. The van der Waals surface area contributed by atoms with Crippen LogP contribution in [0.3, 0.4) is 0 Å². The van der Waals surface area contributed by atoms with E-state index in [2.05, 4.69) is 10.4 Å². The van der Waals surface area contributed by atoms with Crippen molar-refractivity contribution in [3.63, 3.8) is 0 Å². The van der Waals surface area contributed by atoms with Gasteiger partial charge in [0, 0.05) is 16.8 Å². The van der Waals surface area contributed by atoms with Crippen LogP contribution in [0.4, 0.5) is 0 Å². The molecule has 1 heterocycles. The SMILES string of the molecule is CC(NC(=O)CCn1ncc(=O)c2ccccc21)c1cccc(Cl)c1. The second-order valence-electron chi connectivity index (χ2n) is 5.84. The van der Waals surface area contributed by atoms with Gasteiger partial charge >= 0.3 is 0 Å². The largest absolute Gasteiger partial charge is 0.350 e. The molecule has 0 bridgehead atoms. The highest BCUT2D eigenvalue weighted by molar-refractivity contribution is 6.30. The number of carbonyl (C=O) groups is 1. The highest BCUT2D eigenvalue weighted by Gasteiger charge is 2.11. The molecule has 1 N–H and O–H groups in total. The molecule has 0 fully saturated rings. The van der Waals surface area contributed by atoms with E-state index in [4.69, 9.17) is 11.6 Å². The maximum Gasteiger partial charge on any atom is 0.222 e. The number of carbonyl (C=O) groups excluding carboxylic acids is 1. The lowest BCUT2D eigenvalue weighted by atomic mass is 10.1. The first-order valence-corrected chi connectivity index (χ1v) is 8.42. The maximum atomic E-state index is 12.2. The maximum absolute atomic E-state index is 12.2. The molecule has 1 aromatic heterocycles. The summed E-state index contributed by atoms with van der Waals surface area (Å²) in [5, 5.41) is 8.33. The Morgan fingerprint density at radius 2 is 2.04 bits per heavy atom. The van der Waals surface area contributed by atoms with Crippen molar-refractivity contribution in [2.75, 3.05) is 0 Å². The minimum Gasteiger partial charge on any atom is -0.350 e. The van der Waals surface area contributed by atoms with Crippen LogP contribution in [-0.2, 0) is 11.3 Å². The Kier molecular flexibility index (Phi) is 5.14. The lowest BCUT2D eigenvalue weighted by Gasteiger charge is -2.15. The van der Waals surface area contributed by atoms with E-state index >= 15 is 0 Å². The zero-order valence-electron chi connectivity index (χ0n) is 13.8. The Bertz CT molecular complexity index is 968. The van der Waals surface area contributed by atoms with Gasteiger partial charge in [-0.2, -0.15) is 5.10 Å². The summed E-state index contributed by atoms with van der Waals surface area (Å²) >= 11 is 5.99. The van der Waals surface area contributed by atoms with Crippen molar-refractivity contribution in [2.24, 2.45) is 0 Å². The van der Waals surface area contributed by atoms with E-state index in [9.17, 15) is 9.59 Å². The van der Waals surface area contributed by atoms with Crippen LogP contribution in [0, 0.1) is 0 Å². The molecule has 3 aromatic rings. The number of para-hydroxylation sites is 1. The van der Waals surface area contributed by atoms with Crippen LogP contribution in [0.5, 0.6) is 0 Å². The first-order chi connectivity index (χ1) is 12.0. The van der Waals surface area contributed by atoms with Gasteiger partial charge in [-0.05, 0) is 36.8 Å². The number of nitrogens with zero attached hydrogens (tertiary/aromatic N) is 2. The average molecular weight is 356 g/mol. The number of aryl methyl sites for hydroxylation is 1. The summed E-state index contributed by atoms with van der Waals surface area (Å²) in [5.41, 5.74) is 1.56. The number of nitrogens with one attached hydrogen (secondary N) is 1. The summed E-state index contributed by atoms with van der Waals surface area (Å²) in [6.07, 6.45) is 1.56. The number of fused-ring (bicyclic) bond motifs is 1. The summed E-state index contributed by atoms with van der Waals surface area (Å²) in [6, 6.07) is 14.5. The van der Waals surface area contributed by atoms with E-state index < -0.39 is 0 Å². The molecular formula is C19H18ClN3O2. The molecule has 3 rings (SSSR count). The van der Waals surface area contributed by atoms with E-state index in [-0.39, 0.29) is 23.8 Å². The second-order valence-corrected chi connectivity index (χ2v) is 6.28. The molecule has 0 aliphatic heterocycles. The summed E-state index contributed by atoms with van der Waals surface area (Å²) < 4.78 is 1.68. The zero-order valence-corrected chi connectivity index (χ0v) is 14.5. The average Bonchev–Trinajstić information content (AvgIpc) is 2.61. The smallest absolute Gasteiger partial charge is 0.222 e. The molecule has 25 heavy (non-hydrogen) atoms. The highest BCUT2D eigenvalue weighted by atomic mass is 35.5. The molecule has 0 aliphatic carbocycles. The molecule has 0 saturated heterocycles. The summed E-state index contributed by atoms with van der Waals surface area (Å²) in [7, 11) is 0. The van der Waals surface area contributed by atoms with E-state index in [0.717, 1.165) is 11.1 Å². The fraction of sp³-hybridized carbons (Fsp3) is 0.211. The molecule has 0 radical (unpaired) electrons. The third-order valence-corrected chi connectivity index (χ3v) is 4.27. The van der Waals surface area contributed by atoms with Gasteiger partial charge in [-0.3, -0.25) is 14.3 Å². The van der Waals surface area contributed by atoms with Gasteiger partial charge in [-0.1, -0.05) is 35.9 Å². The third kappa shape index (κ3) is 4.06. The molecular weight excluding hydrogens is 338 g/mol. The van der Waals surface area contributed by atoms with E-state index in [1.165, 1.54) is 6.20 Å². The molecule has 6 heteroatoms. The lowest BCUT2D eigenvalue weighted by molar-refractivity contribution is -0.122. The van der Waals surface area contributed by atoms with Gasteiger partial charge in [0.2, 0.25) is 11.3 Å². The monoisotopic (exact) mass is 355 g/mol. The molecule has 0 aliphatic rings. The fourth-order valence-electron chi connectivity index (χ4n) is 2.72. The summed E-state index contributed by atoms with van der Waals surface area (Å²) in [4.78, 5) is 24.1. The van der Waals surface area contributed by atoms with Crippen LogP contribution < -0.4 is 10.7 Å². The molecule has 2 aromatic carbocycles. The second kappa shape index (κ2) is 7.49. The van der Waals surface area contributed by atoms with Crippen LogP contribution in [0.2, 0.25) is 5.02 Å². The Morgan fingerprint density at radius 3 is 2.84 bits per heavy atom. The van der Waals surface area contributed by atoms with Crippen LogP contribution in [0.15, 0.2) is 59.5 Å². The van der Waals surface area contributed by atoms with Crippen LogP contribution in [0.25, 0.3) is 10.9 Å². The van der Waals surface area contributed by atoms with Crippen LogP contribution in [0.1, 0.15) is 24.9 Å². The number of hydrogen-bond donors (Lipinski definition) is 1. The number of hydrogen-bond acceptors (Lipinski definition) is 3. The number of amides is 1. The normalized spacial score (nSPS) is 12.1. The Balaban J connectivity index is 1.67. The Hall–Kier alpha value is -2.66. The Morgan fingerprint density at radius 1 is 1.24 bits per heavy atom. The van der Waals surface area contributed by atoms with Crippen molar-refractivity contribution >= 4 is 28.4 Å². The summed E-state index contributed by atoms with van der Waals surface area (Å²) in [6.45, 7) is 2.31. The van der Waals surface area contributed by atoms with Crippen molar-refractivity contribution in [1.82, 2.24) is 15.1 Å². The van der Waals surface area contributed by atoms with Crippen molar-refractivity contribution in [1.29, 1.82) is 0 Å². The summed E-state index contributed by atoms with van der Waals surface area (Å²) in [5.74, 6) is -0.0861. The zero-order chi connectivity index (χ0) is 17.8. The predicted octanol–water partition coefficient (Wildman–Crippen LogP) is 3.32. The van der Waals surface area contributed by atoms with Crippen LogP contribution in [-0.4, -0.2) is 15.7 Å². The van der Waals surface area contributed by atoms with E-state index in [1.54, 1.807) is 16.8 Å². The van der Waals surface area contributed by atoms with Gasteiger partial charge in [0.1, 0.15) is 0 Å². The lowest BCUT2D eigenvalue weighted by Crippen LogP contribution is -2.28. The molecule has 0 saturated carbocycles. The number of rotatable bonds is 5. The minimum atomic E-state index is -0.134. The first kappa shape index (κ1) is 17.2. The van der Waals surface area contributed by atoms with Crippen molar-refractivity contribution in [3.8, 4) is 0 Å². The van der Waals surface area contributed by atoms with Gasteiger partial charge in [0.15, 0.2) is 0 Å². The number of aromatic nitrogens is 2. The topological polar surface area (TPSA) is 64.0 Å². The molecule has 128 valence electrons. The van der Waals surface area contributed by atoms with Crippen molar-refractivity contribution in [2.45, 2.75) is 25.9 Å². The molecule has 1 atom stereocenters. The van der Waals surface area contributed by atoms with Crippen molar-refractivity contribution < 1.29 is 4.79 Å². The first-order valence-electron chi connectivity index (χ1n) is 8.04. The van der Waals surface area contributed by atoms with Crippen molar-refractivity contribution in [3.05, 3.63) is 75.5 Å². The van der Waals surface area contributed by atoms with Gasteiger partial charge in [-0.15, -0.1) is 0 Å². The minimum absolute atomic E-state index is 0.0861. The molecule has 5 nitrogen and oxygen atoms in total. The standard InChI is InChI=1S/C19H18ClN3O2/c1-13(14-5-4-6-15(20)11-14)22-19(25)9-10-23-17-8-3-2-7-16(17)18(24)12-21-23/h2-8,11-13H,9-10H2,1H3,(H,22,25). The van der Waals surface area contributed by atoms with Gasteiger partial charge in [0.25, 0.3) is 0 Å². The van der Waals surface area contributed by atoms with E-state index in [1.807, 2.05) is 43.3 Å². The fourth-order valence-corrected chi connectivity index (χ4v) is 2.92. The van der Waals surface area contributed by atoms with Gasteiger partial charge in [0.05, 0.1) is 24.3 Å². The highest BCUT2D eigenvalue weighted by Crippen LogP contribution is 2.17. The Labute approximate surface area is 150 Å². The molecule has 0 spiro atoms. The van der Waals surface area contributed by atoms with Crippen LogP contribution >= 0.6 is 11.6 Å².